The Hall–Kier alpha value is -4.69. The van der Waals surface area contributed by atoms with Crippen LogP contribution in [0, 0.1) is 13.8 Å². The summed E-state index contributed by atoms with van der Waals surface area (Å²) in [6.07, 6.45) is -3.04. The third-order valence-electron chi connectivity index (χ3n) is 10.5. The Morgan fingerprint density at radius 3 is 1.64 bits per heavy atom. The van der Waals surface area contributed by atoms with Gasteiger partial charge in [-0.2, -0.15) is 0 Å². The number of benzene rings is 3. The molecule has 0 radical (unpaired) electrons. The van der Waals surface area contributed by atoms with Crippen LogP contribution < -0.4 is 16.0 Å². The molecule has 58 heavy (non-hydrogen) atoms. The quantitative estimate of drug-likeness (QED) is 0.0978. The van der Waals surface area contributed by atoms with E-state index in [0.717, 1.165) is 23.1 Å². The molecule has 17 heteroatoms. The minimum atomic E-state index is -1.52. The highest BCUT2D eigenvalue weighted by atomic mass is 16.3. The van der Waals surface area contributed by atoms with Crippen LogP contribution in [-0.2, 0) is 19.6 Å². The van der Waals surface area contributed by atoms with E-state index in [2.05, 4.69) is 30.7 Å². The van der Waals surface area contributed by atoms with Gasteiger partial charge >= 0.3 is 0 Å². The van der Waals surface area contributed by atoms with E-state index in [1.807, 2.05) is 12.1 Å². The molecule has 0 aromatic heterocycles. The van der Waals surface area contributed by atoms with Crippen molar-refractivity contribution in [3.63, 3.8) is 0 Å². The highest BCUT2D eigenvalue weighted by Gasteiger charge is 2.32. The lowest BCUT2D eigenvalue weighted by Gasteiger charge is -2.39. The topological polar surface area (TPSA) is 259 Å². The number of nitrogens with one attached hydrogen (secondary N) is 3. The summed E-state index contributed by atoms with van der Waals surface area (Å²) < 4.78 is 0. The van der Waals surface area contributed by atoms with Crippen molar-refractivity contribution in [2.45, 2.75) is 70.9 Å². The average molecular weight is 809 g/mol. The number of carbonyl (C=O) groups excluding carboxylic acids is 3. The van der Waals surface area contributed by atoms with E-state index in [1.54, 1.807) is 32.0 Å². The normalized spacial score (nSPS) is 19.4. The lowest BCUT2D eigenvalue weighted by Crippen LogP contribution is -2.44. The van der Waals surface area contributed by atoms with Crippen LogP contribution in [0.15, 0.2) is 42.5 Å². The first-order chi connectivity index (χ1) is 27.7. The van der Waals surface area contributed by atoms with Crippen LogP contribution in [0.2, 0.25) is 0 Å². The Morgan fingerprint density at radius 1 is 0.655 bits per heavy atom. The lowest BCUT2D eigenvalue weighted by molar-refractivity contribution is 0.0540. The van der Waals surface area contributed by atoms with Crippen molar-refractivity contribution in [3.05, 3.63) is 92.5 Å². The van der Waals surface area contributed by atoms with E-state index in [1.165, 1.54) is 12.1 Å². The first-order valence-corrected chi connectivity index (χ1v) is 19.4. The van der Waals surface area contributed by atoms with Gasteiger partial charge in [-0.3, -0.25) is 29.1 Å². The van der Waals surface area contributed by atoms with E-state index >= 15 is 0 Å². The minimum absolute atomic E-state index is 0.0168. The highest BCUT2D eigenvalue weighted by Crippen LogP contribution is 2.34. The number of aromatic hydroxyl groups is 2. The van der Waals surface area contributed by atoms with Gasteiger partial charge in [-0.05, 0) is 93.3 Å². The van der Waals surface area contributed by atoms with Crippen molar-refractivity contribution in [1.29, 1.82) is 0 Å². The van der Waals surface area contributed by atoms with Crippen LogP contribution in [0.4, 0.5) is 0 Å². The number of hydrogen-bond donors (Lipinski definition) is 11. The van der Waals surface area contributed by atoms with Gasteiger partial charge < -0.3 is 56.8 Å². The molecule has 11 N–H and O–H groups in total. The second-order valence-electron chi connectivity index (χ2n) is 15.2. The fraction of sp³-hybridized carbons (Fsp3) is 0.488. The third-order valence-corrected chi connectivity index (χ3v) is 10.5. The van der Waals surface area contributed by atoms with Gasteiger partial charge in [0.2, 0.25) is 0 Å². The molecule has 5 unspecified atom stereocenters. The maximum absolute atomic E-state index is 13.4. The van der Waals surface area contributed by atoms with Crippen molar-refractivity contribution in [3.8, 4) is 11.5 Å². The van der Waals surface area contributed by atoms with Gasteiger partial charge in [-0.15, -0.1) is 0 Å². The van der Waals surface area contributed by atoms with Crippen molar-refractivity contribution in [1.82, 2.24) is 30.7 Å². The second-order valence-corrected chi connectivity index (χ2v) is 15.2. The van der Waals surface area contributed by atoms with Gasteiger partial charge in [-0.1, -0.05) is 24.3 Å². The Labute approximate surface area is 337 Å². The maximum atomic E-state index is 13.4. The number of phenolic OH excluding ortho intramolecular Hbond substituents is 2. The van der Waals surface area contributed by atoms with E-state index in [-0.39, 0.29) is 35.1 Å². The van der Waals surface area contributed by atoms with Gasteiger partial charge in [0.05, 0.1) is 30.9 Å². The molecule has 5 rings (SSSR count). The van der Waals surface area contributed by atoms with Crippen molar-refractivity contribution in [2.24, 2.45) is 0 Å². The van der Waals surface area contributed by atoms with Crippen LogP contribution in [-0.4, -0.2) is 151 Å². The number of nitrogens with zero attached hydrogens (tertiary/aromatic N) is 3. The zero-order chi connectivity index (χ0) is 42.1. The number of aliphatic hydroxyl groups is 6. The van der Waals surface area contributed by atoms with E-state index in [0.29, 0.717) is 81.0 Å². The molecular formula is C41H56N6O11. The Bertz CT molecular complexity index is 1930. The number of carbonyl (C=O) groups is 3. The molecule has 1 saturated heterocycles. The zero-order valence-electron chi connectivity index (χ0n) is 32.9. The molecule has 2 aliphatic rings. The molecule has 2 bridgehead atoms. The summed E-state index contributed by atoms with van der Waals surface area (Å²) >= 11 is 0. The van der Waals surface area contributed by atoms with Gasteiger partial charge in [0.1, 0.15) is 30.2 Å². The van der Waals surface area contributed by atoms with Crippen LogP contribution >= 0.6 is 0 Å². The smallest absolute Gasteiger partial charge is 0.257 e. The number of phenols is 2. The number of rotatable bonds is 13. The molecule has 3 aromatic carbocycles. The summed E-state index contributed by atoms with van der Waals surface area (Å²) in [4.78, 5) is 46.0. The first kappa shape index (κ1) is 44.4. The predicted octanol–water partition coefficient (Wildman–Crippen LogP) is -0.466. The molecule has 3 aromatic rings. The fourth-order valence-corrected chi connectivity index (χ4v) is 7.91. The Morgan fingerprint density at radius 2 is 1.12 bits per heavy atom. The fourth-order valence-electron chi connectivity index (χ4n) is 7.91. The minimum Gasteiger partial charge on any atom is -0.507 e. The van der Waals surface area contributed by atoms with Crippen LogP contribution in [0.5, 0.6) is 11.5 Å². The third kappa shape index (κ3) is 11.3. The molecule has 0 aliphatic carbocycles. The molecule has 316 valence electrons. The molecule has 2 aliphatic heterocycles. The van der Waals surface area contributed by atoms with Crippen LogP contribution in [0.3, 0.4) is 0 Å². The summed E-state index contributed by atoms with van der Waals surface area (Å²) in [5, 5.41) is 87.2. The van der Waals surface area contributed by atoms with Crippen molar-refractivity contribution >= 4 is 17.7 Å². The van der Waals surface area contributed by atoms with E-state index in [9.17, 15) is 55.2 Å². The lowest BCUT2D eigenvalue weighted by atomic mass is 9.84. The Kier molecular flexibility index (Phi) is 15.6. The predicted molar refractivity (Wildman–Crippen MR) is 212 cm³/mol. The summed E-state index contributed by atoms with van der Waals surface area (Å²) in [7, 11) is 0. The summed E-state index contributed by atoms with van der Waals surface area (Å²) in [5.74, 6) is -2.67. The van der Waals surface area contributed by atoms with Crippen LogP contribution in [0.1, 0.15) is 83.2 Å². The summed E-state index contributed by atoms with van der Waals surface area (Å²) in [6.45, 7) is 6.08. The average Bonchev–Trinajstić information content (AvgIpc) is 3.18. The summed E-state index contributed by atoms with van der Waals surface area (Å²) in [5.41, 5.74) is 4.49. The molecule has 5 atom stereocenters. The first-order valence-electron chi connectivity index (χ1n) is 19.4. The van der Waals surface area contributed by atoms with Crippen molar-refractivity contribution < 1.29 is 55.2 Å². The highest BCUT2D eigenvalue weighted by molar-refractivity contribution is 5.98. The molecule has 1 fully saturated rings. The zero-order valence-corrected chi connectivity index (χ0v) is 32.9. The summed E-state index contributed by atoms with van der Waals surface area (Å²) in [6, 6.07) is 12.1. The molecule has 0 saturated carbocycles. The van der Waals surface area contributed by atoms with Gasteiger partial charge in [0.15, 0.2) is 0 Å². The van der Waals surface area contributed by atoms with Gasteiger partial charge in [-0.25, -0.2) is 0 Å². The standard InChI is InChI=1S/C41H56N6O11/c1-24-12-27(37(54)31(14-24)40(57)43-34(52)22-49)17-45-8-4-10-46-16-26-6-3-7-30(39(56)42-33(51)21-48)36(26)29(19-46)20-47(11-5-9-45)18-28-13-25(2)15-32(38(28)55)41(58)44-35(53)23-50/h3,6-7,12-15,29,33-35,48-55H,4-5,8-11,16-23H2,1-2H3,(H,42,56)(H,43,57)(H,44,58). The molecular weight excluding hydrogens is 752 g/mol. The molecule has 17 nitrogen and oxygen atoms in total. The SMILES string of the molecule is Cc1cc(CN2CCCN(Cc3cc(C)cc(C(=O)NC(O)CO)c3O)CC3CN(CCC2)Cc2cccc(C(=O)NC(O)CO)c23)c(O)c(C(=O)NC(O)CO)c1. The van der Waals surface area contributed by atoms with Crippen molar-refractivity contribution in [2.75, 3.05) is 59.1 Å². The monoisotopic (exact) mass is 808 g/mol. The van der Waals surface area contributed by atoms with E-state index < -0.39 is 56.2 Å². The maximum Gasteiger partial charge on any atom is 0.257 e. The number of aliphatic hydroxyl groups excluding tert-OH is 6. The van der Waals surface area contributed by atoms with Gasteiger partial charge in [0, 0.05) is 55.3 Å². The number of fused-ring (bicyclic) bond motifs is 4. The van der Waals surface area contributed by atoms with Crippen LogP contribution in [0.25, 0.3) is 0 Å². The number of amides is 3. The molecule has 2 heterocycles. The molecule has 0 spiro atoms. The van der Waals surface area contributed by atoms with Gasteiger partial charge in [0.25, 0.3) is 17.7 Å². The Balaban J connectivity index is 1.48. The van der Waals surface area contributed by atoms with E-state index in [4.69, 9.17) is 0 Å². The second kappa shape index (κ2) is 20.3. The largest absolute Gasteiger partial charge is 0.507 e. The molecule has 3 amide bonds. The number of hydrogen-bond acceptors (Lipinski definition) is 14. The number of aryl methyl sites for hydroxylation is 2.